The monoisotopic (exact) mass is 474 g/mol. The maximum atomic E-state index is 14.2. The first kappa shape index (κ1) is 22.2. The van der Waals surface area contributed by atoms with Gasteiger partial charge < -0.3 is 9.80 Å². The van der Waals surface area contributed by atoms with Crippen LogP contribution in [0.4, 0.5) is 15.9 Å². The maximum absolute atomic E-state index is 14.2. The third-order valence-electron chi connectivity index (χ3n) is 5.92. The topological polar surface area (TPSA) is 56.8 Å². The standard InChI is InChI=1S/C26H23FN4O2S/c27-20-8-2-1-7-19(20)17-23-26(33)31(21-9-3-4-10-22(21)34-23)18-25(32)30-15-13-29(14-16-30)24-11-5-6-12-28-24/h1-12,17H,13-16,18H2/b23-17-. The summed E-state index contributed by atoms with van der Waals surface area (Å²) in [5, 5.41) is 0. The first-order valence-electron chi connectivity index (χ1n) is 11.1. The molecule has 3 heterocycles. The summed E-state index contributed by atoms with van der Waals surface area (Å²) in [6, 6.07) is 19.6. The lowest BCUT2D eigenvalue weighted by Crippen LogP contribution is -2.52. The minimum absolute atomic E-state index is 0.0609. The number of piperazine rings is 1. The third kappa shape index (κ3) is 4.54. The van der Waals surface area contributed by atoms with E-state index in [-0.39, 0.29) is 18.4 Å². The Bertz CT molecular complexity index is 1240. The maximum Gasteiger partial charge on any atom is 0.265 e. The molecule has 0 saturated carbocycles. The zero-order valence-electron chi connectivity index (χ0n) is 18.4. The number of benzene rings is 2. The Balaban J connectivity index is 1.33. The van der Waals surface area contributed by atoms with Crippen LogP contribution in [0.15, 0.2) is 82.7 Å². The first-order chi connectivity index (χ1) is 16.6. The summed E-state index contributed by atoms with van der Waals surface area (Å²) in [4.78, 5) is 37.7. The van der Waals surface area contributed by atoms with Crippen LogP contribution < -0.4 is 9.80 Å². The predicted octanol–water partition coefficient (Wildman–Crippen LogP) is 4.05. The van der Waals surface area contributed by atoms with E-state index in [1.165, 1.54) is 22.7 Å². The first-order valence-corrected chi connectivity index (χ1v) is 11.9. The number of carbonyl (C=O) groups is 2. The molecule has 34 heavy (non-hydrogen) atoms. The lowest BCUT2D eigenvalue weighted by molar-refractivity contribution is -0.131. The Hall–Kier alpha value is -3.65. The van der Waals surface area contributed by atoms with Crippen LogP contribution in [0.1, 0.15) is 5.56 Å². The van der Waals surface area contributed by atoms with E-state index in [1.807, 2.05) is 42.5 Å². The van der Waals surface area contributed by atoms with Gasteiger partial charge in [0.05, 0.1) is 10.6 Å². The van der Waals surface area contributed by atoms with E-state index in [2.05, 4.69) is 9.88 Å². The lowest BCUT2D eigenvalue weighted by atomic mass is 10.2. The molecular formula is C26H23FN4O2S. The van der Waals surface area contributed by atoms with Gasteiger partial charge in [-0.2, -0.15) is 0 Å². The van der Waals surface area contributed by atoms with Crippen molar-refractivity contribution in [2.45, 2.75) is 4.90 Å². The number of pyridine rings is 1. The van der Waals surface area contributed by atoms with Crippen molar-refractivity contribution < 1.29 is 14.0 Å². The highest BCUT2D eigenvalue weighted by Gasteiger charge is 2.32. The summed E-state index contributed by atoms with van der Waals surface area (Å²) < 4.78 is 14.2. The molecule has 0 unspecified atom stereocenters. The predicted molar refractivity (Wildman–Crippen MR) is 132 cm³/mol. The summed E-state index contributed by atoms with van der Waals surface area (Å²) in [5.41, 5.74) is 1.04. The zero-order valence-corrected chi connectivity index (χ0v) is 19.2. The average molecular weight is 475 g/mol. The Labute approximate surface area is 201 Å². The molecule has 2 amide bonds. The number of thioether (sulfide) groups is 1. The molecule has 0 spiro atoms. The van der Waals surface area contributed by atoms with Gasteiger partial charge in [0.25, 0.3) is 5.91 Å². The molecule has 2 aliphatic heterocycles. The van der Waals surface area contributed by atoms with Crippen molar-refractivity contribution in [2.75, 3.05) is 42.5 Å². The number of fused-ring (bicyclic) bond motifs is 1. The number of nitrogens with zero attached hydrogens (tertiary/aromatic N) is 4. The van der Waals surface area contributed by atoms with Crippen LogP contribution in [0.25, 0.3) is 6.08 Å². The van der Waals surface area contributed by atoms with Crippen molar-refractivity contribution in [1.82, 2.24) is 9.88 Å². The number of rotatable bonds is 4. The Morgan fingerprint density at radius 3 is 2.47 bits per heavy atom. The summed E-state index contributed by atoms with van der Waals surface area (Å²) in [6.07, 6.45) is 3.32. The molecular weight excluding hydrogens is 451 g/mol. The van der Waals surface area contributed by atoms with E-state index < -0.39 is 5.82 Å². The minimum atomic E-state index is -0.393. The van der Waals surface area contributed by atoms with Gasteiger partial charge >= 0.3 is 0 Å². The Morgan fingerprint density at radius 1 is 0.971 bits per heavy atom. The van der Waals surface area contributed by atoms with Gasteiger partial charge in [-0.3, -0.25) is 14.5 Å². The van der Waals surface area contributed by atoms with Crippen molar-refractivity contribution in [3.05, 3.63) is 89.2 Å². The van der Waals surface area contributed by atoms with Crippen LogP contribution in [0.2, 0.25) is 0 Å². The molecule has 1 aromatic heterocycles. The van der Waals surface area contributed by atoms with E-state index >= 15 is 0 Å². The molecule has 0 radical (unpaired) electrons. The molecule has 8 heteroatoms. The molecule has 0 bridgehead atoms. The summed E-state index contributed by atoms with van der Waals surface area (Å²) in [5.74, 6) is 0.0961. The molecule has 6 nitrogen and oxygen atoms in total. The van der Waals surface area contributed by atoms with Gasteiger partial charge in [-0.05, 0) is 36.4 Å². The number of aromatic nitrogens is 1. The number of anilines is 2. The number of para-hydroxylation sites is 1. The van der Waals surface area contributed by atoms with E-state index in [4.69, 9.17) is 0 Å². The highest BCUT2D eigenvalue weighted by Crippen LogP contribution is 2.42. The SMILES string of the molecule is O=C(CN1C(=O)/C(=C/c2ccccc2F)Sc2ccccc21)N1CCN(c2ccccn2)CC1. The van der Waals surface area contributed by atoms with Crippen molar-refractivity contribution in [3.63, 3.8) is 0 Å². The molecule has 0 aliphatic carbocycles. The van der Waals surface area contributed by atoms with Gasteiger partial charge in [-0.25, -0.2) is 9.37 Å². The molecule has 1 fully saturated rings. The van der Waals surface area contributed by atoms with E-state index in [0.717, 1.165) is 10.7 Å². The number of amides is 2. The fraction of sp³-hybridized carbons (Fsp3) is 0.192. The summed E-state index contributed by atoms with van der Waals surface area (Å²) in [6.45, 7) is 2.43. The molecule has 0 atom stereocenters. The minimum Gasteiger partial charge on any atom is -0.353 e. The van der Waals surface area contributed by atoms with Gasteiger partial charge in [0.2, 0.25) is 5.91 Å². The highest BCUT2D eigenvalue weighted by atomic mass is 32.2. The zero-order chi connectivity index (χ0) is 23.5. The fourth-order valence-corrected chi connectivity index (χ4v) is 5.16. The largest absolute Gasteiger partial charge is 0.353 e. The van der Waals surface area contributed by atoms with Crippen molar-refractivity contribution >= 4 is 41.2 Å². The Kier molecular flexibility index (Phi) is 6.31. The third-order valence-corrected chi connectivity index (χ3v) is 7.00. The quantitative estimate of drug-likeness (QED) is 0.534. The molecule has 1 saturated heterocycles. The second-order valence-electron chi connectivity index (χ2n) is 8.05. The molecule has 5 rings (SSSR count). The van der Waals surface area contributed by atoms with Gasteiger partial charge in [-0.15, -0.1) is 0 Å². The highest BCUT2D eigenvalue weighted by molar-refractivity contribution is 8.04. The molecule has 2 aromatic carbocycles. The normalized spacial score (nSPS) is 17.1. The van der Waals surface area contributed by atoms with Gasteiger partial charge in [0.1, 0.15) is 18.2 Å². The molecule has 3 aromatic rings. The van der Waals surface area contributed by atoms with Crippen molar-refractivity contribution in [3.8, 4) is 0 Å². The second-order valence-corrected chi connectivity index (χ2v) is 9.13. The molecule has 0 N–H and O–H groups in total. The van der Waals surface area contributed by atoms with Crippen LogP contribution >= 0.6 is 11.8 Å². The van der Waals surface area contributed by atoms with Gasteiger partial charge in [0.15, 0.2) is 0 Å². The van der Waals surface area contributed by atoms with E-state index in [9.17, 15) is 14.0 Å². The number of hydrogen-bond acceptors (Lipinski definition) is 5. The number of halogens is 1. The second kappa shape index (κ2) is 9.69. The van der Waals surface area contributed by atoms with Gasteiger partial charge in [0, 0.05) is 42.8 Å². The van der Waals surface area contributed by atoms with Crippen LogP contribution in [-0.4, -0.2) is 54.4 Å². The smallest absolute Gasteiger partial charge is 0.265 e. The number of hydrogen-bond donors (Lipinski definition) is 0. The summed E-state index contributed by atoms with van der Waals surface area (Å²) in [7, 11) is 0. The van der Waals surface area contributed by atoms with Crippen LogP contribution in [0.3, 0.4) is 0 Å². The van der Waals surface area contributed by atoms with Crippen molar-refractivity contribution in [2.24, 2.45) is 0 Å². The molecule has 2 aliphatic rings. The lowest BCUT2D eigenvalue weighted by Gasteiger charge is -2.37. The van der Waals surface area contributed by atoms with Crippen LogP contribution in [0.5, 0.6) is 0 Å². The van der Waals surface area contributed by atoms with Crippen LogP contribution in [-0.2, 0) is 9.59 Å². The fourth-order valence-electron chi connectivity index (χ4n) is 4.11. The van der Waals surface area contributed by atoms with E-state index in [1.54, 1.807) is 35.4 Å². The van der Waals surface area contributed by atoms with Crippen molar-refractivity contribution in [1.29, 1.82) is 0 Å². The summed E-state index contributed by atoms with van der Waals surface area (Å²) >= 11 is 1.30. The molecule has 172 valence electrons. The van der Waals surface area contributed by atoms with E-state index in [0.29, 0.717) is 42.3 Å². The average Bonchev–Trinajstić information content (AvgIpc) is 2.88. The number of carbonyl (C=O) groups excluding carboxylic acids is 2. The van der Waals surface area contributed by atoms with Crippen LogP contribution in [0, 0.1) is 5.82 Å². The Morgan fingerprint density at radius 2 is 1.71 bits per heavy atom. The van der Waals surface area contributed by atoms with Gasteiger partial charge in [-0.1, -0.05) is 48.2 Å².